The molecule has 5 heteroatoms. The van der Waals surface area contributed by atoms with Gasteiger partial charge in [0.1, 0.15) is 5.69 Å². The van der Waals surface area contributed by atoms with Gasteiger partial charge in [-0.25, -0.2) is 0 Å². The van der Waals surface area contributed by atoms with Crippen LogP contribution in [0.5, 0.6) is 0 Å². The Morgan fingerprint density at radius 1 is 1.38 bits per heavy atom. The molecule has 1 aromatic rings. The smallest absolute Gasteiger partial charge is 0.288 e. The average molecular weight is 285 g/mol. The topological polar surface area (TPSA) is 74.2 Å². The zero-order valence-corrected chi connectivity index (χ0v) is 11.8. The zero-order chi connectivity index (χ0) is 14.4. The summed E-state index contributed by atoms with van der Waals surface area (Å²) < 4.78 is 0. The summed E-state index contributed by atoms with van der Waals surface area (Å²) in [7, 11) is 0. The molecule has 4 aliphatic rings. The molecule has 3 N–H and O–H groups in total. The van der Waals surface area contributed by atoms with Crippen LogP contribution in [0.1, 0.15) is 42.6 Å². The largest absolute Gasteiger partial charge is 0.390 e. The third-order valence-electron chi connectivity index (χ3n) is 4.99. The number of pyridine rings is 1. The Kier molecular flexibility index (Phi) is 2.79. The second-order valence-electron chi connectivity index (χ2n) is 6.62. The minimum Gasteiger partial charge on any atom is -0.390 e. The normalized spacial score (nSPS) is 33.2. The van der Waals surface area contributed by atoms with Crippen LogP contribution in [-0.2, 0) is 0 Å². The average Bonchev–Trinajstić information content (AvgIpc) is 2.45. The summed E-state index contributed by atoms with van der Waals surface area (Å²) in [5, 5.41) is 10.5. The molecule has 2 saturated carbocycles. The van der Waals surface area contributed by atoms with Gasteiger partial charge in [-0.2, -0.15) is 0 Å². The van der Waals surface area contributed by atoms with Crippen LogP contribution in [0.4, 0.5) is 0 Å². The van der Waals surface area contributed by atoms with Crippen LogP contribution in [0.3, 0.4) is 0 Å². The monoisotopic (exact) mass is 285 g/mol. The molecule has 0 radical (unpaired) electrons. The molecule has 5 rings (SSSR count). The Bertz CT molecular complexity index is 613. The molecular weight excluding hydrogens is 266 g/mol. The molecule has 0 saturated heterocycles. The van der Waals surface area contributed by atoms with E-state index in [-0.39, 0.29) is 5.91 Å². The van der Waals surface area contributed by atoms with E-state index in [1.807, 2.05) is 0 Å². The number of aromatic nitrogens is 1. The molecule has 1 heterocycles. The molecule has 2 fully saturated rings. The summed E-state index contributed by atoms with van der Waals surface area (Å²) >= 11 is 0. The van der Waals surface area contributed by atoms with Crippen LogP contribution < -0.4 is 10.9 Å². The molecule has 21 heavy (non-hydrogen) atoms. The Morgan fingerprint density at radius 3 is 3.00 bits per heavy atom. The molecule has 1 aromatic heterocycles. The fraction of sp³-hybridized carbons (Fsp3) is 0.500. The van der Waals surface area contributed by atoms with E-state index < -0.39 is 5.60 Å². The number of hydrogen-bond donors (Lipinski definition) is 3. The van der Waals surface area contributed by atoms with E-state index >= 15 is 0 Å². The van der Waals surface area contributed by atoms with Crippen molar-refractivity contribution in [1.29, 1.82) is 0 Å². The molecule has 0 aliphatic heterocycles. The SMILES string of the molecule is O=C(NNC1=C2CC3CC1CC(O)(C2)C3)c1ccccn1. The van der Waals surface area contributed by atoms with Gasteiger partial charge in [-0.1, -0.05) is 6.07 Å². The predicted molar refractivity (Wildman–Crippen MR) is 76.9 cm³/mol. The lowest BCUT2D eigenvalue weighted by atomic mass is 9.58. The summed E-state index contributed by atoms with van der Waals surface area (Å²) in [5.41, 5.74) is 8.18. The number of rotatable bonds is 3. The molecule has 0 aromatic carbocycles. The van der Waals surface area contributed by atoms with Crippen LogP contribution in [0.15, 0.2) is 35.7 Å². The molecule has 4 bridgehead atoms. The number of carbonyl (C=O) groups is 1. The van der Waals surface area contributed by atoms with Crippen LogP contribution in [0, 0.1) is 11.8 Å². The van der Waals surface area contributed by atoms with Gasteiger partial charge in [-0.3, -0.25) is 15.2 Å². The van der Waals surface area contributed by atoms with Gasteiger partial charge in [0.2, 0.25) is 0 Å². The van der Waals surface area contributed by atoms with Gasteiger partial charge in [0, 0.05) is 17.8 Å². The maximum atomic E-state index is 12.0. The predicted octanol–water partition coefficient (Wildman–Crippen LogP) is 1.52. The third-order valence-corrected chi connectivity index (χ3v) is 4.99. The van der Waals surface area contributed by atoms with Crippen molar-refractivity contribution in [2.45, 2.75) is 37.7 Å². The molecular formula is C16H19N3O2. The summed E-state index contributed by atoms with van der Waals surface area (Å²) in [4.78, 5) is 16.1. The highest BCUT2D eigenvalue weighted by Crippen LogP contribution is 2.54. The Balaban J connectivity index is 1.49. The number of hydrazine groups is 1. The maximum Gasteiger partial charge on any atom is 0.288 e. The molecule has 0 spiro atoms. The fourth-order valence-electron chi connectivity index (χ4n) is 4.36. The second kappa shape index (κ2) is 4.56. The van der Waals surface area contributed by atoms with Gasteiger partial charge in [-0.15, -0.1) is 0 Å². The number of aliphatic hydroxyl groups is 1. The first-order chi connectivity index (χ1) is 10.1. The Hall–Kier alpha value is -1.88. The number of nitrogens with one attached hydrogen (secondary N) is 2. The number of hydrogen-bond acceptors (Lipinski definition) is 4. The van der Waals surface area contributed by atoms with Crippen LogP contribution in [-0.4, -0.2) is 21.6 Å². The van der Waals surface area contributed by atoms with Crippen molar-refractivity contribution in [3.63, 3.8) is 0 Å². The fourth-order valence-corrected chi connectivity index (χ4v) is 4.36. The lowest BCUT2D eigenvalue weighted by Crippen LogP contribution is -2.52. The number of amides is 1. The van der Waals surface area contributed by atoms with Crippen molar-refractivity contribution in [3.05, 3.63) is 41.4 Å². The summed E-state index contributed by atoms with van der Waals surface area (Å²) in [6, 6.07) is 5.27. The first-order valence-corrected chi connectivity index (χ1v) is 7.55. The quantitative estimate of drug-likeness (QED) is 0.736. The summed E-state index contributed by atoms with van der Waals surface area (Å²) in [5.74, 6) is 0.751. The molecule has 3 atom stereocenters. The van der Waals surface area contributed by atoms with E-state index in [9.17, 15) is 9.90 Å². The molecule has 3 unspecified atom stereocenters. The van der Waals surface area contributed by atoms with Gasteiger partial charge in [0.05, 0.1) is 5.60 Å². The highest BCUT2D eigenvalue weighted by atomic mass is 16.3. The molecule has 110 valence electrons. The van der Waals surface area contributed by atoms with E-state index in [4.69, 9.17) is 0 Å². The third kappa shape index (κ3) is 2.21. The van der Waals surface area contributed by atoms with Gasteiger partial charge >= 0.3 is 0 Å². The van der Waals surface area contributed by atoms with Crippen molar-refractivity contribution in [3.8, 4) is 0 Å². The number of allylic oxidation sites excluding steroid dienone is 1. The van der Waals surface area contributed by atoms with E-state index in [2.05, 4.69) is 15.8 Å². The minimum absolute atomic E-state index is 0.226. The Labute approximate surface area is 123 Å². The lowest BCUT2D eigenvalue weighted by molar-refractivity contribution is -0.0587. The zero-order valence-electron chi connectivity index (χ0n) is 11.8. The van der Waals surface area contributed by atoms with Crippen molar-refractivity contribution in [1.82, 2.24) is 15.8 Å². The summed E-state index contributed by atoms with van der Waals surface area (Å²) in [6.07, 6.45) is 6.29. The first-order valence-electron chi connectivity index (χ1n) is 7.55. The first kappa shape index (κ1) is 12.8. The maximum absolute atomic E-state index is 12.0. The van der Waals surface area contributed by atoms with Crippen molar-refractivity contribution in [2.75, 3.05) is 0 Å². The molecule has 4 aliphatic carbocycles. The van der Waals surface area contributed by atoms with Crippen LogP contribution in [0.25, 0.3) is 0 Å². The Morgan fingerprint density at radius 2 is 2.29 bits per heavy atom. The summed E-state index contributed by atoms with van der Waals surface area (Å²) in [6.45, 7) is 0. The molecule has 1 amide bonds. The lowest BCUT2D eigenvalue weighted by Gasteiger charge is -2.52. The van der Waals surface area contributed by atoms with E-state index in [1.165, 1.54) is 5.57 Å². The van der Waals surface area contributed by atoms with Crippen molar-refractivity contribution in [2.24, 2.45) is 11.8 Å². The van der Waals surface area contributed by atoms with Gasteiger partial charge in [0.15, 0.2) is 0 Å². The standard InChI is InChI=1S/C16H19N3O2/c20-15(13-3-1-2-4-17-13)19-18-14-11-5-10-6-12(14)9-16(21,7-10)8-11/h1-4,10-11,18,21H,5-9H2,(H,19,20). The van der Waals surface area contributed by atoms with Crippen molar-refractivity contribution >= 4 is 5.91 Å². The van der Waals surface area contributed by atoms with Crippen molar-refractivity contribution < 1.29 is 9.90 Å². The van der Waals surface area contributed by atoms with Gasteiger partial charge < -0.3 is 10.5 Å². The van der Waals surface area contributed by atoms with Crippen LogP contribution >= 0.6 is 0 Å². The highest BCUT2D eigenvalue weighted by Gasteiger charge is 2.49. The molecule has 5 nitrogen and oxygen atoms in total. The highest BCUT2D eigenvalue weighted by molar-refractivity contribution is 5.91. The second-order valence-corrected chi connectivity index (χ2v) is 6.62. The number of carbonyl (C=O) groups excluding carboxylic acids is 1. The van der Waals surface area contributed by atoms with Crippen LogP contribution in [0.2, 0.25) is 0 Å². The number of nitrogens with zero attached hydrogens (tertiary/aromatic N) is 1. The van der Waals surface area contributed by atoms with E-state index in [0.717, 1.165) is 37.8 Å². The van der Waals surface area contributed by atoms with Gasteiger partial charge in [0.25, 0.3) is 5.91 Å². The van der Waals surface area contributed by atoms with Gasteiger partial charge in [-0.05, 0) is 55.7 Å². The minimum atomic E-state index is -0.489. The van der Waals surface area contributed by atoms with E-state index in [0.29, 0.717) is 17.5 Å². The van der Waals surface area contributed by atoms with E-state index in [1.54, 1.807) is 24.4 Å².